The van der Waals surface area contributed by atoms with Gasteiger partial charge in [0.2, 0.25) is 11.8 Å². The summed E-state index contributed by atoms with van der Waals surface area (Å²) in [5.74, 6) is 2.44. The molecule has 3 saturated heterocycles. The van der Waals surface area contributed by atoms with Crippen molar-refractivity contribution in [2.75, 3.05) is 25.5 Å². The molecule has 4 fully saturated rings. The van der Waals surface area contributed by atoms with Gasteiger partial charge in [-0.2, -0.15) is 0 Å². The number of nitrogens with zero attached hydrogens (tertiary/aromatic N) is 4. The van der Waals surface area contributed by atoms with E-state index in [1.807, 2.05) is 49.7 Å². The van der Waals surface area contributed by atoms with Gasteiger partial charge in [0.25, 0.3) is 0 Å². The highest BCUT2D eigenvalue weighted by Crippen LogP contribution is 2.37. The summed E-state index contributed by atoms with van der Waals surface area (Å²) in [6.45, 7) is 5.42. The number of ether oxygens (including phenoxy) is 1. The molecular formula is C28H39N5O3. The van der Waals surface area contributed by atoms with Gasteiger partial charge >= 0.3 is 0 Å². The Labute approximate surface area is 214 Å². The van der Waals surface area contributed by atoms with Crippen LogP contribution in [0.5, 0.6) is 5.75 Å². The Hall–Kier alpha value is -2.87. The molecule has 2 amide bonds. The van der Waals surface area contributed by atoms with Gasteiger partial charge in [-0.15, -0.1) is 0 Å². The second kappa shape index (κ2) is 10.2. The van der Waals surface area contributed by atoms with E-state index in [2.05, 4.69) is 15.1 Å². The minimum Gasteiger partial charge on any atom is -0.497 e. The second-order valence-corrected chi connectivity index (χ2v) is 10.8. The molecule has 1 aliphatic carbocycles. The Morgan fingerprint density at radius 3 is 2.36 bits per heavy atom. The molecule has 3 unspecified atom stereocenters. The number of amides is 2. The van der Waals surface area contributed by atoms with Crippen LogP contribution in [0.4, 0.5) is 5.69 Å². The van der Waals surface area contributed by atoms with Gasteiger partial charge in [0.1, 0.15) is 17.6 Å². The van der Waals surface area contributed by atoms with E-state index in [4.69, 9.17) is 9.72 Å². The van der Waals surface area contributed by atoms with Gasteiger partial charge < -0.3 is 19.5 Å². The number of fused-ring (bicyclic) bond motifs is 3. The van der Waals surface area contributed by atoms with Gasteiger partial charge in [-0.05, 0) is 63.3 Å². The Balaban J connectivity index is 1.36. The van der Waals surface area contributed by atoms with Crippen molar-refractivity contribution in [1.82, 2.24) is 19.4 Å². The van der Waals surface area contributed by atoms with Gasteiger partial charge in [-0.1, -0.05) is 19.3 Å². The van der Waals surface area contributed by atoms with E-state index in [0.29, 0.717) is 25.4 Å². The first kappa shape index (κ1) is 24.8. The number of carbonyl (C=O) groups is 2. The van der Waals surface area contributed by atoms with Crippen LogP contribution in [0.15, 0.2) is 24.3 Å². The number of aromatic nitrogens is 2. The van der Waals surface area contributed by atoms with Crippen LogP contribution in [-0.4, -0.2) is 63.4 Å². The first-order valence-electron chi connectivity index (χ1n) is 13.4. The molecule has 6 rings (SSSR count). The van der Waals surface area contributed by atoms with E-state index in [1.165, 1.54) is 19.3 Å². The molecule has 194 valence electrons. The lowest BCUT2D eigenvalue weighted by molar-refractivity contribution is -0.146. The number of rotatable bonds is 8. The van der Waals surface area contributed by atoms with Gasteiger partial charge in [-0.25, -0.2) is 4.98 Å². The third kappa shape index (κ3) is 4.75. The smallest absolute Gasteiger partial charge is 0.249 e. The van der Waals surface area contributed by atoms with Crippen LogP contribution >= 0.6 is 0 Å². The summed E-state index contributed by atoms with van der Waals surface area (Å²) in [5.41, 5.74) is 2.72. The summed E-state index contributed by atoms with van der Waals surface area (Å²) in [7, 11) is 3.61. The van der Waals surface area contributed by atoms with Crippen LogP contribution in [0.1, 0.15) is 68.2 Å². The SMILES string of the molecule is COc1ccc(NC(=O)C(c2nc(C)c(C)n2C)N2CC3CCC2CN3C(=O)CCC2CCC2)cc1. The monoisotopic (exact) mass is 493 g/mol. The average Bonchev–Trinajstić information content (AvgIpc) is 3.11. The highest BCUT2D eigenvalue weighted by atomic mass is 16.5. The zero-order chi connectivity index (χ0) is 25.4. The highest BCUT2D eigenvalue weighted by molar-refractivity contribution is 5.95. The molecule has 1 N–H and O–H groups in total. The normalized spacial score (nSPS) is 22.8. The maximum absolute atomic E-state index is 13.8. The fraction of sp³-hybridized carbons (Fsp3) is 0.607. The zero-order valence-corrected chi connectivity index (χ0v) is 22.0. The van der Waals surface area contributed by atoms with Crippen molar-refractivity contribution >= 4 is 17.5 Å². The molecule has 8 heteroatoms. The number of carbonyl (C=O) groups excluding carboxylic acids is 2. The number of hydrogen-bond acceptors (Lipinski definition) is 5. The van der Waals surface area contributed by atoms with Gasteiger partial charge in [0, 0.05) is 50.0 Å². The fourth-order valence-corrected chi connectivity index (χ4v) is 6.02. The van der Waals surface area contributed by atoms with Crippen molar-refractivity contribution in [3.8, 4) is 5.75 Å². The van der Waals surface area contributed by atoms with E-state index in [1.54, 1.807) is 7.11 Å². The van der Waals surface area contributed by atoms with E-state index in [-0.39, 0.29) is 18.0 Å². The number of aryl methyl sites for hydroxylation is 1. The van der Waals surface area contributed by atoms with Crippen LogP contribution in [0.2, 0.25) is 0 Å². The molecule has 4 aliphatic rings. The van der Waals surface area contributed by atoms with E-state index < -0.39 is 6.04 Å². The first-order chi connectivity index (χ1) is 17.4. The Kier molecular flexibility index (Phi) is 7.06. The number of piperidine rings is 2. The lowest BCUT2D eigenvalue weighted by Crippen LogP contribution is -2.65. The molecular weight excluding hydrogens is 454 g/mol. The molecule has 1 aromatic carbocycles. The van der Waals surface area contributed by atoms with Gasteiger partial charge in [0.05, 0.1) is 12.8 Å². The number of imidazole rings is 1. The largest absolute Gasteiger partial charge is 0.497 e. The molecule has 4 heterocycles. The van der Waals surface area contributed by atoms with Crippen molar-refractivity contribution in [3.63, 3.8) is 0 Å². The summed E-state index contributed by atoms with van der Waals surface area (Å²) < 4.78 is 7.29. The van der Waals surface area contributed by atoms with Crippen LogP contribution in [0.3, 0.4) is 0 Å². The number of piperazine rings is 1. The van der Waals surface area contributed by atoms with Gasteiger partial charge in [-0.3, -0.25) is 14.5 Å². The van der Waals surface area contributed by atoms with Crippen LogP contribution in [0, 0.1) is 19.8 Å². The number of methoxy groups -OCH3 is 1. The lowest BCUT2D eigenvalue weighted by atomic mass is 9.81. The second-order valence-electron chi connectivity index (χ2n) is 10.8. The predicted molar refractivity (Wildman–Crippen MR) is 139 cm³/mol. The quantitative estimate of drug-likeness (QED) is 0.602. The summed E-state index contributed by atoms with van der Waals surface area (Å²) in [5, 5.41) is 3.11. The maximum Gasteiger partial charge on any atom is 0.249 e. The summed E-state index contributed by atoms with van der Waals surface area (Å²) in [4.78, 5) is 36.2. The summed E-state index contributed by atoms with van der Waals surface area (Å²) in [6, 6.07) is 7.17. The summed E-state index contributed by atoms with van der Waals surface area (Å²) >= 11 is 0. The third-order valence-electron chi connectivity index (χ3n) is 8.72. The minimum atomic E-state index is -0.524. The Morgan fingerprint density at radius 1 is 1.08 bits per heavy atom. The topological polar surface area (TPSA) is 79.7 Å². The molecule has 1 aromatic heterocycles. The Bertz CT molecular complexity index is 1110. The minimum absolute atomic E-state index is 0.0938. The van der Waals surface area contributed by atoms with E-state index >= 15 is 0 Å². The molecule has 8 nitrogen and oxygen atoms in total. The molecule has 36 heavy (non-hydrogen) atoms. The first-order valence-corrected chi connectivity index (χ1v) is 13.4. The zero-order valence-electron chi connectivity index (χ0n) is 22.0. The fourth-order valence-electron chi connectivity index (χ4n) is 6.02. The molecule has 0 spiro atoms. The molecule has 0 radical (unpaired) electrons. The number of nitrogens with one attached hydrogen (secondary N) is 1. The molecule has 2 bridgehead atoms. The van der Waals surface area contributed by atoms with Crippen molar-refractivity contribution < 1.29 is 14.3 Å². The van der Waals surface area contributed by atoms with Crippen LogP contribution < -0.4 is 10.1 Å². The van der Waals surface area contributed by atoms with Crippen molar-refractivity contribution in [2.45, 2.75) is 76.9 Å². The molecule has 1 saturated carbocycles. The van der Waals surface area contributed by atoms with Crippen molar-refractivity contribution in [1.29, 1.82) is 0 Å². The molecule has 3 aliphatic heterocycles. The number of benzene rings is 1. The predicted octanol–water partition coefficient (Wildman–Crippen LogP) is 3.98. The van der Waals surface area contributed by atoms with Crippen molar-refractivity contribution in [2.24, 2.45) is 13.0 Å². The Morgan fingerprint density at radius 2 is 1.81 bits per heavy atom. The lowest BCUT2D eigenvalue weighted by Gasteiger charge is -2.53. The average molecular weight is 494 g/mol. The molecule has 2 aromatic rings. The van der Waals surface area contributed by atoms with E-state index in [0.717, 1.165) is 53.8 Å². The third-order valence-corrected chi connectivity index (χ3v) is 8.72. The van der Waals surface area contributed by atoms with E-state index in [9.17, 15) is 9.59 Å². The molecule has 3 atom stereocenters. The number of anilines is 1. The maximum atomic E-state index is 13.8. The van der Waals surface area contributed by atoms with Crippen LogP contribution in [0.25, 0.3) is 0 Å². The number of hydrogen-bond donors (Lipinski definition) is 1. The standard InChI is InChI=1S/C28H39N5O3/c1-18-19(2)31(3)27(29-18)26(28(35)30-21-9-13-24(36-4)14-10-21)33-17-22-11-12-23(33)16-32(22)25(34)15-8-20-6-5-7-20/h9-10,13-14,20,22-23,26H,5-8,11-12,15-17H2,1-4H3,(H,30,35). The van der Waals surface area contributed by atoms with Gasteiger partial charge in [0.15, 0.2) is 0 Å². The van der Waals surface area contributed by atoms with Crippen molar-refractivity contribution in [3.05, 3.63) is 41.5 Å². The van der Waals surface area contributed by atoms with Crippen LogP contribution in [-0.2, 0) is 16.6 Å². The highest BCUT2D eigenvalue weighted by Gasteiger charge is 2.46. The summed E-state index contributed by atoms with van der Waals surface area (Å²) in [6.07, 6.45) is 7.55.